The lowest BCUT2D eigenvalue weighted by molar-refractivity contribution is -0.117. The lowest BCUT2D eigenvalue weighted by atomic mass is 10.2. The Bertz CT molecular complexity index is 1070. The molecule has 0 aliphatic carbocycles. The van der Waals surface area contributed by atoms with E-state index in [1.54, 1.807) is 17.2 Å². The van der Waals surface area contributed by atoms with Crippen LogP contribution in [0.4, 0.5) is 11.4 Å². The number of nitrogens with one attached hydrogen (secondary N) is 1. The van der Waals surface area contributed by atoms with Crippen molar-refractivity contribution >= 4 is 35.0 Å². The number of nitrogens with zero attached hydrogens (tertiary/aromatic N) is 4. The minimum absolute atomic E-state index is 0.0875. The Morgan fingerprint density at radius 1 is 1.31 bits per heavy atom. The van der Waals surface area contributed by atoms with Gasteiger partial charge in [-0.15, -0.1) is 10.2 Å². The highest BCUT2D eigenvalue weighted by Crippen LogP contribution is 2.32. The predicted molar refractivity (Wildman–Crippen MR) is 111 cm³/mol. The second-order valence-electron chi connectivity index (χ2n) is 6.93. The molecule has 29 heavy (non-hydrogen) atoms. The molecule has 1 atom stereocenters. The summed E-state index contributed by atoms with van der Waals surface area (Å²) in [6, 6.07) is 8.96. The summed E-state index contributed by atoms with van der Waals surface area (Å²) in [6.07, 6.45) is 1.86. The van der Waals surface area contributed by atoms with E-state index in [9.17, 15) is 9.59 Å². The zero-order valence-corrected chi connectivity index (χ0v) is 17.2. The van der Waals surface area contributed by atoms with Gasteiger partial charge in [0, 0.05) is 19.5 Å². The zero-order chi connectivity index (χ0) is 20.5. The number of anilines is 2. The zero-order valence-electron chi connectivity index (χ0n) is 16.4. The fourth-order valence-electron chi connectivity index (χ4n) is 3.46. The molecule has 0 bridgehead atoms. The van der Waals surface area contributed by atoms with Crippen LogP contribution in [0.15, 0.2) is 46.2 Å². The van der Waals surface area contributed by atoms with Crippen LogP contribution >= 0.6 is 11.8 Å². The summed E-state index contributed by atoms with van der Waals surface area (Å²) in [5, 5.41) is 12.0. The van der Waals surface area contributed by atoms with Crippen molar-refractivity contribution in [2.75, 3.05) is 16.0 Å². The van der Waals surface area contributed by atoms with Crippen LogP contribution in [0.2, 0.25) is 0 Å². The molecule has 1 aliphatic rings. The molecule has 4 rings (SSSR count). The number of rotatable bonds is 4. The first-order valence-electron chi connectivity index (χ1n) is 9.23. The standard InChI is InChI=1S/C20H21N5O3S/c1-12-10-17(26)21-15-6-4-5-7-16(15)25(12)18(27)11-29-20-23-22-19(24(20)3)14-8-9-28-13(14)2/h4-9,12H,10-11H2,1-3H3,(H,21,26)/t12-/m1/s1. The fraction of sp³-hybridized carbons (Fsp3) is 0.300. The number of furan rings is 1. The molecule has 3 aromatic rings. The minimum Gasteiger partial charge on any atom is -0.469 e. The maximum Gasteiger partial charge on any atom is 0.237 e. The molecule has 0 radical (unpaired) electrons. The van der Waals surface area contributed by atoms with Crippen LogP contribution in [0.3, 0.4) is 0 Å². The van der Waals surface area contributed by atoms with Gasteiger partial charge in [0.25, 0.3) is 0 Å². The van der Waals surface area contributed by atoms with Gasteiger partial charge in [-0.3, -0.25) is 9.59 Å². The molecule has 9 heteroatoms. The van der Waals surface area contributed by atoms with Gasteiger partial charge in [0.2, 0.25) is 11.8 Å². The van der Waals surface area contributed by atoms with Crippen molar-refractivity contribution in [2.45, 2.75) is 31.5 Å². The lowest BCUT2D eigenvalue weighted by Crippen LogP contribution is -2.40. The van der Waals surface area contributed by atoms with Crippen LogP contribution in [0.5, 0.6) is 0 Å². The average Bonchev–Trinajstić information content (AvgIpc) is 3.22. The van der Waals surface area contributed by atoms with Crippen molar-refractivity contribution in [3.8, 4) is 11.4 Å². The molecule has 1 N–H and O–H groups in total. The third-order valence-corrected chi connectivity index (χ3v) is 5.89. The molecule has 0 saturated heterocycles. The highest BCUT2D eigenvalue weighted by atomic mass is 32.2. The van der Waals surface area contributed by atoms with Gasteiger partial charge in [0.05, 0.1) is 29.0 Å². The van der Waals surface area contributed by atoms with Gasteiger partial charge >= 0.3 is 0 Å². The number of hydrogen-bond donors (Lipinski definition) is 1. The van der Waals surface area contributed by atoms with E-state index in [2.05, 4.69) is 15.5 Å². The molecular weight excluding hydrogens is 390 g/mol. The molecule has 2 aromatic heterocycles. The quantitative estimate of drug-likeness (QED) is 0.663. The summed E-state index contributed by atoms with van der Waals surface area (Å²) in [5.74, 6) is 1.45. The highest BCUT2D eigenvalue weighted by Gasteiger charge is 2.29. The Labute approximate surface area is 172 Å². The topological polar surface area (TPSA) is 93.3 Å². The molecule has 1 aromatic carbocycles. The largest absolute Gasteiger partial charge is 0.469 e. The summed E-state index contributed by atoms with van der Waals surface area (Å²) in [5.41, 5.74) is 2.23. The lowest BCUT2D eigenvalue weighted by Gasteiger charge is -2.27. The Kier molecular flexibility index (Phi) is 5.14. The Hall–Kier alpha value is -3.07. The number of para-hydroxylation sites is 2. The van der Waals surface area contributed by atoms with Crippen molar-refractivity contribution in [3.05, 3.63) is 42.4 Å². The van der Waals surface area contributed by atoms with Crippen molar-refractivity contribution in [1.82, 2.24) is 14.8 Å². The van der Waals surface area contributed by atoms with Gasteiger partial charge in [-0.05, 0) is 32.0 Å². The van der Waals surface area contributed by atoms with Gasteiger partial charge in [-0.25, -0.2) is 0 Å². The van der Waals surface area contributed by atoms with E-state index in [1.807, 2.05) is 49.7 Å². The highest BCUT2D eigenvalue weighted by molar-refractivity contribution is 7.99. The SMILES string of the molecule is Cc1occc1-c1nnc(SCC(=O)N2c3ccccc3NC(=O)C[C@H]2C)n1C. The number of aromatic nitrogens is 3. The average molecular weight is 411 g/mol. The minimum atomic E-state index is -0.240. The molecule has 1 aliphatic heterocycles. The van der Waals surface area contributed by atoms with Gasteiger partial charge < -0.3 is 19.2 Å². The maximum atomic E-state index is 13.1. The second kappa shape index (κ2) is 7.75. The Morgan fingerprint density at radius 3 is 2.86 bits per heavy atom. The number of hydrogen-bond acceptors (Lipinski definition) is 6. The Balaban J connectivity index is 1.54. The van der Waals surface area contributed by atoms with Gasteiger partial charge in [-0.1, -0.05) is 23.9 Å². The van der Waals surface area contributed by atoms with Crippen LogP contribution in [-0.4, -0.2) is 38.4 Å². The number of carbonyl (C=O) groups is 2. The van der Waals surface area contributed by atoms with Crippen molar-refractivity contribution < 1.29 is 14.0 Å². The van der Waals surface area contributed by atoms with Crippen LogP contribution in [0.25, 0.3) is 11.4 Å². The van der Waals surface area contributed by atoms with E-state index < -0.39 is 0 Å². The summed E-state index contributed by atoms with van der Waals surface area (Å²) in [4.78, 5) is 26.9. The predicted octanol–water partition coefficient (Wildman–Crippen LogP) is 3.24. The normalized spacial score (nSPS) is 16.3. The van der Waals surface area contributed by atoms with Crippen LogP contribution < -0.4 is 10.2 Å². The number of benzene rings is 1. The second-order valence-corrected chi connectivity index (χ2v) is 7.87. The van der Waals surface area contributed by atoms with E-state index in [-0.39, 0.29) is 30.0 Å². The summed E-state index contributed by atoms with van der Waals surface area (Å²) in [7, 11) is 1.86. The van der Waals surface area contributed by atoms with Crippen LogP contribution in [-0.2, 0) is 16.6 Å². The van der Waals surface area contributed by atoms with Crippen LogP contribution in [0, 0.1) is 6.92 Å². The Morgan fingerprint density at radius 2 is 2.10 bits per heavy atom. The molecule has 3 heterocycles. The number of aryl methyl sites for hydroxylation is 1. The van der Waals surface area contributed by atoms with Gasteiger partial charge in [0.15, 0.2) is 11.0 Å². The number of thioether (sulfide) groups is 1. The van der Waals surface area contributed by atoms with E-state index >= 15 is 0 Å². The molecule has 0 fully saturated rings. The molecule has 2 amide bonds. The number of amides is 2. The summed E-state index contributed by atoms with van der Waals surface area (Å²) < 4.78 is 7.19. The van der Waals surface area contributed by atoms with Crippen molar-refractivity contribution in [3.63, 3.8) is 0 Å². The first-order chi connectivity index (χ1) is 14.0. The number of fused-ring (bicyclic) bond motifs is 1. The molecule has 150 valence electrons. The molecule has 8 nitrogen and oxygen atoms in total. The molecule has 0 unspecified atom stereocenters. The van der Waals surface area contributed by atoms with Crippen molar-refractivity contribution in [2.24, 2.45) is 7.05 Å². The third-order valence-electron chi connectivity index (χ3n) is 4.89. The third kappa shape index (κ3) is 3.65. The van der Waals surface area contributed by atoms with E-state index in [4.69, 9.17) is 4.42 Å². The van der Waals surface area contributed by atoms with E-state index in [0.29, 0.717) is 22.4 Å². The first-order valence-corrected chi connectivity index (χ1v) is 10.2. The molecule has 0 spiro atoms. The summed E-state index contributed by atoms with van der Waals surface area (Å²) >= 11 is 1.32. The van der Waals surface area contributed by atoms with Crippen LogP contribution in [0.1, 0.15) is 19.1 Å². The monoisotopic (exact) mass is 411 g/mol. The number of carbonyl (C=O) groups excluding carboxylic acids is 2. The fourth-order valence-corrected chi connectivity index (χ4v) is 4.23. The van der Waals surface area contributed by atoms with E-state index in [1.165, 1.54) is 11.8 Å². The maximum absolute atomic E-state index is 13.1. The smallest absolute Gasteiger partial charge is 0.237 e. The summed E-state index contributed by atoms with van der Waals surface area (Å²) in [6.45, 7) is 3.75. The van der Waals surface area contributed by atoms with Crippen molar-refractivity contribution in [1.29, 1.82) is 0 Å². The van der Waals surface area contributed by atoms with E-state index in [0.717, 1.165) is 11.3 Å². The first kappa shape index (κ1) is 19.3. The van der Waals surface area contributed by atoms with Gasteiger partial charge in [-0.2, -0.15) is 0 Å². The molecular formula is C20H21N5O3S. The molecule has 0 saturated carbocycles. The van der Waals surface area contributed by atoms with Gasteiger partial charge in [0.1, 0.15) is 5.76 Å².